The van der Waals surface area contributed by atoms with E-state index in [0.29, 0.717) is 6.42 Å². The van der Waals surface area contributed by atoms with Crippen LogP contribution in [0.25, 0.3) is 0 Å². The molecule has 0 radical (unpaired) electrons. The van der Waals surface area contributed by atoms with E-state index in [4.69, 9.17) is 5.11 Å². The second-order valence-electron chi connectivity index (χ2n) is 2.95. The molecule has 0 aliphatic heterocycles. The van der Waals surface area contributed by atoms with Gasteiger partial charge in [-0.15, -0.1) is 0 Å². The van der Waals surface area contributed by atoms with Crippen molar-refractivity contribution in [3.8, 4) is 0 Å². The number of carbonyl (C=O) groups is 1. The maximum absolute atomic E-state index is 11.3. The van der Waals surface area contributed by atoms with Crippen LogP contribution in [-0.4, -0.2) is 38.4 Å². The first-order valence-electron chi connectivity index (χ1n) is 4.49. The Bertz CT molecular complexity index is 269. The molecule has 1 atom stereocenters. The molecule has 0 aliphatic rings. The number of aliphatic hydroxyl groups excluding tert-OH is 1. The van der Waals surface area contributed by atoms with Crippen LogP contribution in [0.15, 0.2) is 12.7 Å². The Hall–Kier alpha value is -1.43. The van der Waals surface area contributed by atoms with E-state index in [1.165, 1.54) is 17.3 Å². The van der Waals surface area contributed by atoms with Crippen LogP contribution in [0, 0.1) is 0 Å². The first-order chi connectivity index (χ1) is 6.76. The summed E-state index contributed by atoms with van der Waals surface area (Å²) in [5, 5.41) is 15.3. The number of rotatable bonds is 5. The summed E-state index contributed by atoms with van der Waals surface area (Å²) in [5.41, 5.74) is 0. The van der Waals surface area contributed by atoms with Gasteiger partial charge in [0.25, 0.3) is 0 Å². The van der Waals surface area contributed by atoms with Gasteiger partial charge in [-0.1, -0.05) is 6.92 Å². The Morgan fingerprint density at radius 1 is 1.71 bits per heavy atom. The molecule has 14 heavy (non-hydrogen) atoms. The summed E-state index contributed by atoms with van der Waals surface area (Å²) in [4.78, 5) is 15.0. The molecule has 0 aromatic carbocycles. The second kappa shape index (κ2) is 5.33. The zero-order chi connectivity index (χ0) is 10.4. The lowest BCUT2D eigenvalue weighted by molar-refractivity contribution is -0.122. The standard InChI is InChI=1S/C8H14N4O2/c1-2-7(4-13)11-8(14)3-12-6-9-5-10-12/h5-7,13H,2-4H2,1H3,(H,11,14)/t7-/m0/s1. The van der Waals surface area contributed by atoms with Crippen molar-refractivity contribution in [1.82, 2.24) is 20.1 Å². The molecule has 2 N–H and O–H groups in total. The Kier molecular flexibility index (Phi) is 4.06. The van der Waals surface area contributed by atoms with Crippen LogP contribution in [0.3, 0.4) is 0 Å². The molecule has 0 fully saturated rings. The van der Waals surface area contributed by atoms with Gasteiger partial charge in [0.15, 0.2) is 0 Å². The summed E-state index contributed by atoms with van der Waals surface area (Å²) in [6, 6.07) is -0.175. The maximum atomic E-state index is 11.3. The van der Waals surface area contributed by atoms with Crippen LogP contribution in [0.5, 0.6) is 0 Å². The SMILES string of the molecule is CC[C@@H](CO)NC(=O)Cn1cncn1. The Balaban J connectivity index is 2.35. The summed E-state index contributed by atoms with van der Waals surface area (Å²) < 4.78 is 1.43. The van der Waals surface area contributed by atoms with Crippen molar-refractivity contribution in [2.24, 2.45) is 0 Å². The van der Waals surface area contributed by atoms with Gasteiger partial charge in [0.2, 0.25) is 5.91 Å². The largest absolute Gasteiger partial charge is 0.394 e. The van der Waals surface area contributed by atoms with Crippen molar-refractivity contribution in [1.29, 1.82) is 0 Å². The highest BCUT2D eigenvalue weighted by atomic mass is 16.3. The molecular formula is C8H14N4O2. The topological polar surface area (TPSA) is 80.0 Å². The quantitative estimate of drug-likeness (QED) is 0.647. The molecule has 0 bridgehead atoms. The van der Waals surface area contributed by atoms with Gasteiger partial charge in [-0.25, -0.2) is 9.67 Å². The van der Waals surface area contributed by atoms with E-state index in [2.05, 4.69) is 15.4 Å². The van der Waals surface area contributed by atoms with Gasteiger partial charge in [0.1, 0.15) is 19.2 Å². The van der Waals surface area contributed by atoms with Crippen molar-refractivity contribution < 1.29 is 9.90 Å². The summed E-state index contributed by atoms with van der Waals surface area (Å²) in [7, 11) is 0. The second-order valence-corrected chi connectivity index (χ2v) is 2.95. The minimum Gasteiger partial charge on any atom is -0.394 e. The van der Waals surface area contributed by atoms with E-state index in [9.17, 15) is 4.79 Å². The third-order valence-corrected chi connectivity index (χ3v) is 1.85. The molecule has 0 saturated carbocycles. The summed E-state index contributed by atoms with van der Waals surface area (Å²) in [5.74, 6) is -0.170. The number of aromatic nitrogens is 3. The maximum Gasteiger partial charge on any atom is 0.242 e. The minimum atomic E-state index is -0.175. The van der Waals surface area contributed by atoms with E-state index < -0.39 is 0 Å². The Morgan fingerprint density at radius 2 is 2.50 bits per heavy atom. The average molecular weight is 198 g/mol. The summed E-state index contributed by atoms with van der Waals surface area (Å²) >= 11 is 0. The molecule has 0 saturated heterocycles. The Morgan fingerprint density at radius 3 is 3.00 bits per heavy atom. The van der Waals surface area contributed by atoms with E-state index in [1.54, 1.807) is 0 Å². The number of amides is 1. The molecule has 0 unspecified atom stereocenters. The molecule has 1 aromatic heterocycles. The number of nitrogens with zero attached hydrogens (tertiary/aromatic N) is 3. The summed E-state index contributed by atoms with van der Waals surface area (Å²) in [6.45, 7) is 1.99. The molecule has 78 valence electrons. The van der Waals surface area contributed by atoms with E-state index in [0.717, 1.165) is 0 Å². The highest BCUT2D eigenvalue weighted by Crippen LogP contribution is 1.89. The van der Waals surface area contributed by atoms with Crippen LogP contribution >= 0.6 is 0 Å². The van der Waals surface area contributed by atoms with Crippen LogP contribution in [-0.2, 0) is 11.3 Å². The van der Waals surface area contributed by atoms with Crippen molar-refractivity contribution in [3.63, 3.8) is 0 Å². The lowest BCUT2D eigenvalue weighted by Gasteiger charge is -2.13. The highest BCUT2D eigenvalue weighted by molar-refractivity contribution is 5.75. The van der Waals surface area contributed by atoms with Crippen LogP contribution in [0.2, 0.25) is 0 Å². The number of aliphatic hydroxyl groups is 1. The smallest absolute Gasteiger partial charge is 0.242 e. The normalized spacial score (nSPS) is 12.4. The molecule has 0 spiro atoms. The van der Waals surface area contributed by atoms with Crippen molar-refractivity contribution in [2.75, 3.05) is 6.61 Å². The molecule has 1 heterocycles. The fourth-order valence-corrected chi connectivity index (χ4v) is 1.01. The molecule has 6 heteroatoms. The first-order valence-corrected chi connectivity index (χ1v) is 4.49. The van der Waals surface area contributed by atoms with Crippen LogP contribution in [0.4, 0.5) is 0 Å². The van der Waals surface area contributed by atoms with Gasteiger partial charge >= 0.3 is 0 Å². The lowest BCUT2D eigenvalue weighted by Crippen LogP contribution is -2.38. The molecule has 1 amide bonds. The van der Waals surface area contributed by atoms with Gasteiger partial charge in [0, 0.05) is 0 Å². The molecule has 1 rings (SSSR count). The van der Waals surface area contributed by atoms with Gasteiger partial charge in [-0.05, 0) is 6.42 Å². The van der Waals surface area contributed by atoms with Gasteiger partial charge in [-0.3, -0.25) is 4.79 Å². The molecule has 0 aliphatic carbocycles. The number of carbonyl (C=O) groups excluding carboxylic acids is 1. The number of hydrogen-bond acceptors (Lipinski definition) is 4. The Labute approximate surface area is 82.0 Å². The van der Waals surface area contributed by atoms with Gasteiger partial charge < -0.3 is 10.4 Å². The summed E-state index contributed by atoms with van der Waals surface area (Å²) in [6.07, 6.45) is 3.55. The van der Waals surface area contributed by atoms with E-state index in [1.807, 2.05) is 6.92 Å². The van der Waals surface area contributed by atoms with Crippen LogP contribution in [0.1, 0.15) is 13.3 Å². The van der Waals surface area contributed by atoms with Crippen molar-refractivity contribution in [2.45, 2.75) is 25.9 Å². The zero-order valence-corrected chi connectivity index (χ0v) is 8.05. The fraction of sp³-hybridized carbons (Fsp3) is 0.625. The molecule has 6 nitrogen and oxygen atoms in total. The number of hydrogen-bond donors (Lipinski definition) is 2. The van der Waals surface area contributed by atoms with Gasteiger partial charge in [-0.2, -0.15) is 5.10 Å². The van der Waals surface area contributed by atoms with Crippen LogP contribution < -0.4 is 5.32 Å². The van der Waals surface area contributed by atoms with E-state index >= 15 is 0 Å². The predicted molar refractivity (Wildman–Crippen MR) is 49.3 cm³/mol. The zero-order valence-electron chi connectivity index (χ0n) is 8.05. The predicted octanol–water partition coefficient (Wildman–Crippen LogP) is -0.835. The molecule has 1 aromatic rings. The van der Waals surface area contributed by atoms with E-state index in [-0.39, 0.29) is 25.1 Å². The monoisotopic (exact) mass is 198 g/mol. The van der Waals surface area contributed by atoms with Crippen molar-refractivity contribution >= 4 is 5.91 Å². The minimum absolute atomic E-state index is 0.0421. The van der Waals surface area contributed by atoms with Gasteiger partial charge in [0.05, 0.1) is 12.6 Å². The third kappa shape index (κ3) is 3.14. The highest BCUT2D eigenvalue weighted by Gasteiger charge is 2.09. The number of nitrogens with one attached hydrogen (secondary N) is 1. The molecular weight excluding hydrogens is 184 g/mol. The third-order valence-electron chi connectivity index (χ3n) is 1.85. The first kappa shape index (κ1) is 10.6. The average Bonchev–Trinajstić information content (AvgIpc) is 2.66. The lowest BCUT2D eigenvalue weighted by atomic mass is 10.2. The fourth-order valence-electron chi connectivity index (χ4n) is 1.01. The van der Waals surface area contributed by atoms with Crippen molar-refractivity contribution in [3.05, 3.63) is 12.7 Å².